The zero-order valence-corrected chi connectivity index (χ0v) is 28.7. The van der Waals surface area contributed by atoms with Gasteiger partial charge in [0.15, 0.2) is 5.58 Å². The summed E-state index contributed by atoms with van der Waals surface area (Å²) in [6.07, 6.45) is 0. The first kappa shape index (κ1) is 29.0. The first-order valence-corrected chi connectivity index (χ1v) is 17.5. The molecule has 8 aromatic rings. The van der Waals surface area contributed by atoms with E-state index in [4.69, 9.17) is 9.40 Å². The Bertz CT molecular complexity index is 2660. The van der Waals surface area contributed by atoms with Crippen molar-refractivity contribution < 1.29 is 4.42 Å². The molecule has 0 saturated heterocycles. The summed E-state index contributed by atoms with van der Waals surface area (Å²) in [5.74, 6) is 0.635. The number of anilines is 3. The number of hydrogen-bond acceptors (Lipinski definition) is 3. The maximum Gasteiger partial charge on any atom is 0.227 e. The van der Waals surface area contributed by atoms with Gasteiger partial charge in [-0.1, -0.05) is 119 Å². The summed E-state index contributed by atoms with van der Waals surface area (Å²) in [7, 11) is 0. The van der Waals surface area contributed by atoms with Crippen LogP contribution in [0.25, 0.3) is 55.6 Å². The summed E-state index contributed by atoms with van der Waals surface area (Å²) in [4.78, 5) is 7.31. The lowest BCUT2D eigenvalue weighted by molar-refractivity contribution is 0.623. The molecule has 0 atom stereocenters. The third-order valence-electron chi connectivity index (χ3n) is 11.3. The van der Waals surface area contributed by atoms with Crippen LogP contribution in [0.2, 0.25) is 0 Å². The number of benzene rings is 7. The van der Waals surface area contributed by atoms with E-state index in [-0.39, 0.29) is 10.8 Å². The van der Waals surface area contributed by atoms with Gasteiger partial charge < -0.3 is 9.32 Å². The summed E-state index contributed by atoms with van der Waals surface area (Å²) in [6.45, 7) is 9.37. The Morgan fingerprint density at radius 1 is 0.480 bits per heavy atom. The van der Waals surface area contributed by atoms with Gasteiger partial charge in [-0.2, -0.15) is 0 Å². The van der Waals surface area contributed by atoms with Crippen molar-refractivity contribution in [2.45, 2.75) is 38.5 Å². The van der Waals surface area contributed by atoms with E-state index >= 15 is 0 Å². The quantitative estimate of drug-likeness (QED) is 0.191. The van der Waals surface area contributed by atoms with E-state index in [1.807, 2.05) is 30.3 Å². The Morgan fingerprint density at radius 2 is 1.04 bits per heavy atom. The number of aromatic nitrogens is 1. The second kappa shape index (κ2) is 10.3. The van der Waals surface area contributed by atoms with Crippen molar-refractivity contribution in [1.29, 1.82) is 0 Å². The molecule has 0 spiro atoms. The average molecular weight is 645 g/mol. The van der Waals surface area contributed by atoms with E-state index in [0.29, 0.717) is 5.89 Å². The average Bonchev–Trinajstić information content (AvgIpc) is 3.76. The fraction of sp³-hybridized carbons (Fsp3) is 0.128. The molecule has 0 aliphatic heterocycles. The second-order valence-corrected chi connectivity index (χ2v) is 14.8. The van der Waals surface area contributed by atoms with Crippen LogP contribution in [0.4, 0.5) is 17.1 Å². The molecule has 3 heteroatoms. The van der Waals surface area contributed by atoms with Crippen LogP contribution in [-0.2, 0) is 10.8 Å². The number of rotatable bonds is 4. The van der Waals surface area contributed by atoms with Gasteiger partial charge in [-0.15, -0.1) is 0 Å². The maximum absolute atomic E-state index is 6.53. The van der Waals surface area contributed by atoms with Crippen LogP contribution in [0.1, 0.15) is 49.9 Å². The lowest BCUT2D eigenvalue weighted by atomic mass is 9.82. The Kier molecular flexibility index (Phi) is 5.97. The Morgan fingerprint density at radius 3 is 1.82 bits per heavy atom. The predicted octanol–water partition coefficient (Wildman–Crippen LogP) is 12.7. The van der Waals surface area contributed by atoms with Crippen molar-refractivity contribution in [2.24, 2.45) is 0 Å². The van der Waals surface area contributed by atoms with E-state index in [2.05, 4.69) is 148 Å². The van der Waals surface area contributed by atoms with Gasteiger partial charge in [0.05, 0.1) is 0 Å². The maximum atomic E-state index is 6.53. The number of fused-ring (bicyclic) bond motifs is 9. The lowest BCUT2D eigenvalue weighted by Gasteiger charge is -2.29. The van der Waals surface area contributed by atoms with Crippen LogP contribution < -0.4 is 4.90 Å². The molecule has 0 amide bonds. The molecular weight excluding hydrogens is 609 g/mol. The molecule has 0 unspecified atom stereocenters. The van der Waals surface area contributed by atoms with Crippen LogP contribution in [0.5, 0.6) is 0 Å². The predicted molar refractivity (Wildman–Crippen MR) is 207 cm³/mol. The Labute approximate surface area is 292 Å². The van der Waals surface area contributed by atoms with E-state index in [9.17, 15) is 0 Å². The zero-order valence-electron chi connectivity index (χ0n) is 28.7. The zero-order chi connectivity index (χ0) is 33.8. The summed E-state index contributed by atoms with van der Waals surface area (Å²) in [5, 5.41) is 2.16. The molecule has 7 aromatic carbocycles. The van der Waals surface area contributed by atoms with Gasteiger partial charge in [-0.25, -0.2) is 4.98 Å². The van der Waals surface area contributed by atoms with Crippen LogP contribution in [-0.4, -0.2) is 4.98 Å². The molecule has 0 radical (unpaired) electrons. The standard InChI is InChI=1S/C47H36N2O/c1-46(2)40-17-11-9-15-35(40)38-27-32(22-24-41(38)46)49(33-21-23-36-34-14-8-10-16-39(34)47(3,4)42(36)28-33)31-20-18-29-19-25-43-44(37(29)26-31)50-45(48-43)30-12-6-5-7-13-30/h5-28H,1-4H3. The molecular formula is C47H36N2O. The summed E-state index contributed by atoms with van der Waals surface area (Å²) in [6, 6.07) is 52.8. The Balaban J connectivity index is 1.20. The summed E-state index contributed by atoms with van der Waals surface area (Å²) >= 11 is 0. The molecule has 50 heavy (non-hydrogen) atoms. The van der Waals surface area contributed by atoms with Gasteiger partial charge in [0, 0.05) is 38.8 Å². The highest BCUT2D eigenvalue weighted by atomic mass is 16.3. The highest BCUT2D eigenvalue weighted by Gasteiger charge is 2.37. The number of hydrogen-bond donors (Lipinski definition) is 0. The molecule has 240 valence electrons. The largest absolute Gasteiger partial charge is 0.435 e. The topological polar surface area (TPSA) is 29.3 Å². The van der Waals surface area contributed by atoms with E-state index in [1.54, 1.807) is 0 Å². The molecule has 3 nitrogen and oxygen atoms in total. The van der Waals surface area contributed by atoms with Gasteiger partial charge in [0.2, 0.25) is 5.89 Å². The smallest absolute Gasteiger partial charge is 0.227 e. The summed E-state index contributed by atoms with van der Waals surface area (Å²) in [5.41, 5.74) is 16.5. The van der Waals surface area contributed by atoms with E-state index in [0.717, 1.165) is 44.5 Å². The molecule has 0 N–H and O–H groups in total. The molecule has 0 fully saturated rings. The fourth-order valence-corrected chi connectivity index (χ4v) is 8.66. The van der Waals surface area contributed by atoms with Crippen molar-refractivity contribution in [1.82, 2.24) is 4.98 Å². The third kappa shape index (κ3) is 4.07. The number of nitrogens with zero attached hydrogens (tertiary/aromatic N) is 2. The highest BCUT2D eigenvalue weighted by Crippen LogP contribution is 2.53. The molecule has 2 aliphatic rings. The van der Waals surface area contributed by atoms with Crippen LogP contribution >= 0.6 is 0 Å². The van der Waals surface area contributed by atoms with Crippen LogP contribution in [0, 0.1) is 0 Å². The third-order valence-corrected chi connectivity index (χ3v) is 11.3. The first-order chi connectivity index (χ1) is 24.3. The van der Waals surface area contributed by atoms with Crippen LogP contribution in [0.3, 0.4) is 0 Å². The van der Waals surface area contributed by atoms with Crippen molar-refractivity contribution >= 4 is 38.9 Å². The van der Waals surface area contributed by atoms with Crippen LogP contribution in [0.15, 0.2) is 150 Å². The van der Waals surface area contributed by atoms with Gasteiger partial charge in [0.1, 0.15) is 5.52 Å². The molecule has 1 heterocycles. The minimum absolute atomic E-state index is 0.0596. The van der Waals surface area contributed by atoms with Crippen molar-refractivity contribution in [3.8, 4) is 33.7 Å². The lowest BCUT2D eigenvalue weighted by Crippen LogP contribution is -2.17. The van der Waals surface area contributed by atoms with Gasteiger partial charge in [-0.05, 0) is 104 Å². The molecule has 10 rings (SSSR count). The highest BCUT2D eigenvalue weighted by molar-refractivity contribution is 6.05. The normalized spacial score (nSPS) is 14.7. The minimum Gasteiger partial charge on any atom is -0.435 e. The summed E-state index contributed by atoms with van der Waals surface area (Å²) < 4.78 is 6.53. The minimum atomic E-state index is -0.113. The van der Waals surface area contributed by atoms with E-state index < -0.39 is 0 Å². The van der Waals surface area contributed by atoms with Gasteiger partial charge >= 0.3 is 0 Å². The molecule has 1 aromatic heterocycles. The second-order valence-electron chi connectivity index (χ2n) is 14.8. The first-order valence-electron chi connectivity index (χ1n) is 17.5. The monoisotopic (exact) mass is 644 g/mol. The van der Waals surface area contributed by atoms with Gasteiger partial charge in [-0.3, -0.25) is 0 Å². The van der Waals surface area contributed by atoms with Crippen molar-refractivity contribution in [3.05, 3.63) is 168 Å². The molecule has 0 saturated carbocycles. The van der Waals surface area contributed by atoms with E-state index in [1.165, 1.54) is 44.5 Å². The Hall–Kier alpha value is -5.93. The van der Waals surface area contributed by atoms with Crippen molar-refractivity contribution in [2.75, 3.05) is 4.90 Å². The molecule has 2 aliphatic carbocycles. The SMILES string of the molecule is CC1(C)c2ccccc2-c2cc(N(c3ccc4c(c3)C(C)(C)c3ccccc3-4)c3ccc4ccc5nc(-c6ccccc6)oc5c4c3)ccc21. The number of oxazole rings is 1. The van der Waals surface area contributed by atoms with Crippen molar-refractivity contribution in [3.63, 3.8) is 0 Å². The fourth-order valence-electron chi connectivity index (χ4n) is 8.66. The molecule has 0 bridgehead atoms. The van der Waals surface area contributed by atoms with Gasteiger partial charge in [0.25, 0.3) is 0 Å².